The average Bonchev–Trinajstić information content (AvgIpc) is 2.71. The molecule has 0 aromatic rings. The highest BCUT2D eigenvalue weighted by molar-refractivity contribution is 5.76. The van der Waals surface area contributed by atoms with Gasteiger partial charge in [-0.2, -0.15) is 0 Å². The van der Waals surface area contributed by atoms with E-state index in [1.807, 2.05) is 0 Å². The Hall–Kier alpha value is -0.570. The van der Waals surface area contributed by atoms with Crippen molar-refractivity contribution in [2.24, 2.45) is 0 Å². The zero-order valence-electron chi connectivity index (χ0n) is 10.2. The van der Waals surface area contributed by atoms with Crippen LogP contribution in [0.25, 0.3) is 0 Å². The van der Waals surface area contributed by atoms with Crippen LogP contribution >= 0.6 is 0 Å². The van der Waals surface area contributed by atoms with Gasteiger partial charge in [-0.15, -0.1) is 0 Å². The van der Waals surface area contributed by atoms with Gasteiger partial charge in [0.15, 0.2) is 0 Å². The zero-order valence-corrected chi connectivity index (χ0v) is 10.2. The summed E-state index contributed by atoms with van der Waals surface area (Å²) in [7, 11) is 0. The molecule has 0 radical (unpaired) electrons. The molecule has 1 amide bonds. The van der Waals surface area contributed by atoms with Crippen molar-refractivity contribution in [3.8, 4) is 0 Å². The molecule has 3 nitrogen and oxygen atoms in total. The number of hydrogen-bond acceptors (Lipinski definition) is 2. The van der Waals surface area contributed by atoms with Crippen LogP contribution in [0.1, 0.15) is 51.4 Å². The molecule has 2 heterocycles. The van der Waals surface area contributed by atoms with Crippen LogP contribution < -0.4 is 5.32 Å². The van der Waals surface area contributed by atoms with Gasteiger partial charge in [0, 0.05) is 25.6 Å². The molecule has 2 aliphatic heterocycles. The van der Waals surface area contributed by atoms with Crippen molar-refractivity contribution in [2.45, 2.75) is 57.4 Å². The molecule has 2 saturated heterocycles. The van der Waals surface area contributed by atoms with E-state index in [1.165, 1.54) is 45.1 Å². The van der Waals surface area contributed by atoms with Crippen LogP contribution in [0.15, 0.2) is 0 Å². The van der Waals surface area contributed by atoms with E-state index in [2.05, 4.69) is 10.2 Å². The number of hydrogen-bond donors (Lipinski definition) is 1. The number of nitrogens with zero attached hydrogens (tertiary/aromatic N) is 1. The number of carbonyl (C=O) groups excluding carboxylic acids is 1. The van der Waals surface area contributed by atoms with Crippen molar-refractivity contribution in [3.05, 3.63) is 0 Å². The first-order valence-electron chi connectivity index (χ1n) is 6.87. The van der Waals surface area contributed by atoms with Gasteiger partial charge in [0.2, 0.25) is 5.91 Å². The van der Waals surface area contributed by atoms with Gasteiger partial charge in [0.05, 0.1) is 0 Å². The fraction of sp³-hybridized carbons (Fsp3) is 0.923. The average molecular weight is 224 g/mol. The molecule has 0 aliphatic carbocycles. The first kappa shape index (κ1) is 11.9. The molecule has 2 aliphatic rings. The van der Waals surface area contributed by atoms with E-state index in [9.17, 15) is 4.79 Å². The normalized spacial score (nSPS) is 27.1. The van der Waals surface area contributed by atoms with Crippen molar-refractivity contribution in [1.29, 1.82) is 0 Å². The van der Waals surface area contributed by atoms with Crippen LogP contribution in [0.4, 0.5) is 0 Å². The summed E-state index contributed by atoms with van der Waals surface area (Å²) in [6.45, 7) is 3.17. The summed E-state index contributed by atoms with van der Waals surface area (Å²) in [4.78, 5) is 13.8. The Morgan fingerprint density at radius 2 is 2.19 bits per heavy atom. The van der Waals surface area contributed by atoms with E-state index in [4.69, 9.17) is 0 Å². The highest BCUT2D eigenvalue weighted by Crippen LogP contribution is 2.14. The highest BCUT2D eigenvalue weighted by atomic mass is 16.2. The Labute approximate surface area is 98.6 Å². The van der Waals surface area contributed by atoms with Gasteiger partial charge in [-0.05, 0) is 45.1 Å². The Kier molecular flexibility index (Phi) is 4.64. The van der Waals surface area contributed by atoms with Gasteiger partial charge in [-0.1, -0.05) is 6.42 Å². The van der Waals surface area contributed by atoms with E-state index in [-0.39, 0.29) is 0 Å². The van der Waals surface area contributed by atoms with Crippen LogP contribution in [-0.4, -0.2) is 36.5 Å². The number of carbonyl (C=O) groups is 1. The predicted molar refractivity (Wildman–Crippen MR) is 65.3 cm³/mol. The summed E-state index contributed by atoms with van der Waals surface area (Å²) in [6, 6.07) is 0.724. The summed E-state index contributed by atoms with van der Waals surface area (Å²) in [6.07, 6.45) is 9.37. The lowest BCUT2D eigenvalue weighted by molar-refractivity contribution is -0.130. The summed E-state index contributed by atoms with van der Waals surface area (Å²) < 4.78 is 0. The standard InChI is InChI=1S/C13H24N2O/c16-13-8-2-1-3-10-15(13)11-5-7-12-6-4-9-14-12/h12,14H,1-11H2. The van der Waals surface area contributed by atoms with Crippen molar-refractivity contribution < 1.29 is 4.79 Å². The molecule has 1 unspecified atom stereocenters. The monoisotopic (exact) mass is 224 g/mol. The fourth-order valence-electron chi connectivity index (χ4n) is 2.81. The molecule has 92 valence electrons. The minimum absolute atomic E-state index is 0.386. The second-order valence-electron chi connectivity index (χ2n) is 5.13. The number of amides is 1. The van der Waals surface area contributed by atoms with E-state index in [0.717, 1.165) is 32.0 Å². The Bertz CT molecular complexity index is 224. The van der Waals surface area contributed by atoms with Crippen LogP contribution in [0, 0.1) is 0 Å². The molecule has 2 fully saturated rings. The van der Waals surface area contributed by atoms with Gasteiger partial charge in [-0.25, -0.2) is 0 Å². The fourth-order valence-corrected chi connectivity index (χ4v) is 2.81. The van der Waals surface area contributed by atoms with E-state index < -0.39 is 0 Å². The van der Waals surface area contributed by atoms with E-state index in [1.54, 1.807) is 0 Å². The third kappa shape index (κ3) is 3.48. The van der Waals surface area contributed by atoms with Crippen LogP contribution in [0.3, 0.4) is 0 Å². The maximum atomic E-state index is 11.8. The van der Waals surface area contributed by atoms with Crippen LogP contribution in [0.2, 0.25) is 0 Å². The Morgan fingerprint density at radius 3 is 3.00 bits per heavy atom. The largest absolute Gasteiger partial charge is 0.343 e. The van der Waals surface area contributed by atoms with Crippen molar-refractivity contribution >= 4 is 5.91 Å². The second kappa shape index (κ2) is 6.24. The smallest absolute Gasteiger partial charge is 0.222 e. The predicted octanol–water partition coefficient (Wildman–Crippen LogP) is 1.92. The molecule has 0 aromatic carbocycles. The highest BCUT2D eigenvalue weighted by Gasteiger charge is 2.17. The van der Waals surface area contributed by atoms with Crippen LogP contribution in [0.5, 0.6) is 0 Å². The minimum Gasteiger partial charge on any atom is -0.343 e. The molecule has 0 saturated carbocycles. The van der Waals surface area contributed by atoms with Crippen molar-refractivity contribution in [3.63, 3.8) is 0 Å². The second-order valence-corrected chi connectivity index (χ2v) is 5.13. The third-order valence-electron chi connectivity index (χ3n) is 3.81. The van der Waals surface area contributed by atoms with Crippen LogP contribution in [-0.2, 0) is 4.79 Å². The molecule has 0 aromatic heterocycles. The van der Waals surface area contributed by atoms with E-state index in [0.29, 0.717) is 5.91 Å². The van der Waals surface area contributed by atoms with Crippen molar-refractivity contribution in [2.75, 3.05) is 19.6 Å². The maximum Gasteiger partial charge on any atom is 0.222 e. The quantitative estimate of drug-likeness (QED) is 0.791. The lowest BCUT2D eigenvalue weighted by Gasteiger charge is -2.21. The molecule has 2 rings (SSSR count). The van der Waals surface area contributed by atoms with Gasteiger partial charge in [0.1, 0.15) is 0 Å². The number of likely N-dealkylation sites (tertiary alicyclic amines) is 1. The molecule has 0 bridgehead atoms. The Morgan fingerprint density at radius 1 is 1.25 bits per heavy atom. The molecule has 1 atom stereocenters. The lowest BCUT2D eigenvalue weighted by atomic mass is 10.1. The third-order valence-corrected chi connectivity index (χ3v) is 3.81. The molecule has 0 spiro atoms. The molecule has 16 heavy (non-hydrogen) atoms. The summed E-state index contributed by atoms with van der Waals surface area (Å²) in [5.74, 6) is 0.386. The van der Waals surface area contributed by atoms with Gasteiger partial charge in [-0.3, -0.25) is 4.79 Å². The topological polar surface area (TPSA) is 32.3 Å². The van der Waals surface area contributed by atoms with E-state index >= 15 is 0 Å². The SMILES string of the molecule is O=C1CCCCCN1CCCC1CCCN1. The summed E-state index contributed by atoms with van der Waals surface area (Å²) in [5, 5.41) is 3.51. The maximum absolute atomic E-state index is 11.8. The van der Waals surface area contributed by atoms with Gasteiger partial charge in [0.25, 0.3) is 0 Å². The van der Waals surface area contributed by atoms with Gasteiger partial charge >= 0.3 is 0 Å². The zero-order chi connectivity index (χ0) is 11.2. The van der Waals surface area contributed by atoms with Gasteiger partial charge < -0.3 is 10.2 Å². The first-order chi connectivity index (χ1) is 7.86. The van der Waals surface area contributed by atoms with Crippen molar-refractivity contribution in [1.82, 2.24) is 10.2 Å². The summed E-state index contributed by atoms with van der Waals surface area (Å²) >= 11 is 0. The summed E-state index contributed by atoms with van der Waals surface area (Å²) in [5.41, 5.74) is 0. The molecule has 3 heteroatoms. The lowest BCUT2D eigenvalue weighted by Crippen LogP contribution is -2.32. The molecular weight excluding hydrogens is 200 g/mol. The molecular formula is C13H24N2O. The first-order valence-corrected chi connectivity index (χ1v) is 6.87. The number of nitrogens with one attached hydrogen (secondary N) is 1. The number of rotatable bonds is 4. The molecule has 1 N–H and O–H groups in total. The minimum atomic E-state index is 0.386. The Balaban J connectivity index is 1.65.